The van der Waals surface area contributed by atoms with Crippen LogP contribution in [0.1, 0.15) is 109 Å². The van der Waals surface area contributed by atoms with Gasteiger partial charge in [0, 0.05) is 36.8 Å². The molecule has 3 aromatic rings. The van der Waals surface area contributed by atoms with Crippen LogP contribution in [0.4, 0.5) is 0 Å². The van der Waals surface area contributed by atoms with Gasteiger partial charge in [-0.2, -0.15) is 0 Å². The molecule has 1 aromatic carbocycles. The first-order valence-corrected chi connectivity index (χ1v) is 17.4. The van der Waals surface area contributed by atoms with Crippen molar-refractivity contribution in [2.75, 3.05) is 32.7 Å². The molecule has 2 saturated heterocycles. The highest BCUT2D eigenvalue weighted by Crippen LogP contribution is 2.43. The minimum absolute atomic E-state index is 0.106. The number of likely N-dealkylation sites (tertiary alicyclic amines) is 1. The van der Waals surface area contributed by atoms with Crippen molar-refractivity contribution in [3.05, 3.63) is 57.7 Å². The molecule has 4 heterocycles. The summed E-state index contributed by atoms with van der Waals surface area (Å²) >= 11 is 1.33. The Balaban J connectivity index is 1.23. The lowest BCUT2D eigenvalue weighted by Crippen LogP contribution is -2.67. The fourth-order valence-electron chi connectivity index (χ4n) is 7.08. The van der Waals surface area contributed by atoms with Crippen LogP contribution in [-0.4, -0.2) is 76.0 Å². The number of aryl methyl sites for hydroxylation is 1. The topological polar surface area (TPSA) is 137 Å². The maximum atomic E-state index is 13.8. The van der Waals surface area contributed by atoms with Gasteiger partial charge in [0.2, 0.25) is 0 Å². The number of hydrogen-bond donors (Lipinski definition) is 4. The standard InChI is InChI=1S/C35H46N6O4S/c1-34(2,3)25-10-6-8-23-18-27-31(39-28(23)25)46-32(38-27)30(43)37-26(13-16-41-14-11-21(12-15-41)33(44)45)22-7-5-9-24(17-22)29(42)40-35(4)19-36-20-35/h5,7,9,17-18,21,25-26,36H,6,8,10-16,19-20H2,1-4H3,(H,37,43)(H,40,42)(H,44,45)/t25?,26-/m1/s1. The first kappa shape index (κ1) is 32.5. The van der Waals surface area contributed by atoms with E-state index < -0.39 is 5.97 Å². The number of piperidine rings is 1. The number of aromatic nitrogens is 2. The Kier molecular flexibility index (Phi) is 9.20. The smallest absolute Gasteiger partial charge is 0.306 e. The van der Waals surface area contributed by atoms with E-state index in [0.29, 0.717) is 55.4 Å². The van der Waals surface area contributed by atoms with E-state index >= 15 is 0 Å². The number of hydrogen-bond acceptors (Lipinski definition) is 8. The second-order valence-electron chi connectivity index (χ2n) is 14.7. The Labute approximate surface area is 274 Å². The SMILES string of the molecule is CC1(NC(=O)c2cccc([C@@H](CCN3CCC(C(=O)O)CC3)NC(=O)c3nc4cc5c(nc4s3)C(C(C)(C)C)CCC5)c2)CNC1. The molecule has 0 spiro atoms. The number of nitrogens with zero attached hydrogens (tertiary/aromatic N) is 3. The second kappa shape index (κ2) is 13.0. The Morgan fingerprint density at radius 1 is 1.11 bits per heavy atom. The number of nitrogens with one attached hydrogen (secondary N) is 3. The largest absolute Gasteiger partial charge is 0.481 e. The van der Waals surface area contributed by atoms with Gasteiger partial charge in [-0.25, -0.2) is 9.97 Å². The van der Waals surface area contributed by atoms with E-state index in [1.165, 1.54) is 16.9 Å². The van der Waals surface area contributed by atoms with Gasteiger partial charge >= 0.3 is 5.97 Å². The Morgan fingerprint density at radius 3 is 2.54 bits per heavy atom. The molecule has 2 aliphatic heterocycles. The minimum Gasteiger partial charge on any atom is -0.481 e. The number of fused-ring (bicyclic) bond motifs is 2. The molecule has 2 atom stereocenters. The number of carboxylic acids is 1. The van der Waals surface area contributed by atoms with Gasteiger partial charge in [-0.05, 0) is 93.3 Å². The summed E-state index contributed by atoms with van der Waals surface area (Å²) in [4.78, 5) is 51.3. The third kappa shape index (κ3) is 7.11. The number of carbonyl (C=O) groups excluding carboxylic acids is 2. The molecule has 2 fully saturated rings. The molecule has 1 unspecified atom stereocenters. The van der Waals surface area contributed by atoms with Crippen LogP contribution < -0.4 is 16.0 Å². The number of rotatable bonds is 9. The maximum Gasteiger partial charge on any atom is 0.306 e. The molecule has 246 valence electrons. The predicted molar refractivity (Wildman–Crippen MR) is 179 cm³/mol. The van der Waals surface area contributed by atoms with E-state index in [1.54, 1.807) is 6.07 Å². The highest BCUT2D eigenvalue weighted by atomic mass is 32.1. The van der Waals surface area contributed by atoms with Crippen molar-refractivity contribution < 1.29 is 19.5 Å². The molecule has 11 heteroatoms. The number of carboxylic acid groups (broad SMARTS) is 1. The molecule has 1 aliphatic carbocycles. The summed E-state index contributed by atoms with van der Waals surface area (Å²) in [5.41, 5.74) is 4.38. The van der Waals surface area contributed by atoms with E-state index in [-0.39, 0.29) is 34.7 Å². The molecule has 4 N–H and O–H groups in total. The average Bonchev–Trinajstić information content (AvgIpc) is 3.43. The molecular formula is C35H46N6O4S. The van der Waals surface area contributed by atoms with Crippen LogP contribution in [0.15, 0.2) is 30.3 Å². The number of aliphatic carboxylic acids is 1. The van der Waals surface area contributed by atoms with Gasteiger partial charge in [0.25, 0.3) is 11.8 Å². The lowest BCUT2D eigenvalue weighted by Gasteiger charge is -2.40. The van der Waals surface area contributed by atoms with Crippen molar-refractivity contribution in [2.45, 2.75) is 83.7 Å². The Hall–Kier alpha value is -3.41. The van der Waals surface area contributed by atoms with Gasteiger partial charge in [0.1, 0.15) is 10.3 Å². The zero-order chi connectivity index (χ0) is 32.6. The maximum absolute atomic E-state index is 13.8. The van der Waals surface area contributed by atoms with Gasteiger partial charge in [0.05, 0.1) is 17.5 Å². The summed E-state index contributed by atoms with van der Waals surface area (Å²) in [6, 6.07) is 9.24. The number of pyridine rings is 1. The summed E-state index contributed by atoms with van der Waals surface area (Å²) < 4.78 is 0. The summed E-state index contributed by atoms with van der Waals surface area (Å²) in [6.07, 6.45) is 5.07. The number of carbonyl (C=O) groups is 3. The zero-order valence-corrected chi connectivity index (χ0v) is 28.1. The summed E-state index contributed by atoms with van der Waals surface area (Å²) in [5.74, 6) is -1.05. The number of amides is 2. The van der Waals surface area contributed by atoms with Gasteiger partial charge < -0.3 is 26.0 Å². The van der Waals surface area contributed by atoms with Crippen molar-refractivity contribution in [1.29, 1.82) is 0 Å². The summed E-state index contributed by atoms with van der Waals surface area (Å²) in [5, 5.41) is 19.4. The van der Waals surface area contributed by atoms with Crippen LogP contribution in [0.5, 0.6) is 0 Å². The molecule has 0 radical (unpaired) electrons. The molecule has 2 aromatic heterocycles. The molecular weight excluding hydrogens is 600 g/mol. The number of benzene rings is 1. The van der Waals surface area contributed by atoms with Crippen LogP contribution in [0, 0.1) is 11.3 Å². The highest BCUT2D eigenvalue weighted by molar-refractivity contribution is 7.19. The molecule has 0 bridgehead atoms. The van der Waals surface area contributed by atoms with E-state index in [1.807, 2.05) is 25.1 Å². The minimum atomic E-state index is -0.730. The van der Waals surface area contributed by atoms with Crippen LogP contribution in [-0.2, 0) is 11.2 Å². The van der Waals surface area contributed by atoms with Gasteiger partial charge in [0.15, 0.2) is 5.01 Å². The van der Waals surface area contributed by atoms with Crippen LogP contribution in [0.3, 0.4) is 0 Å². The molecule has 6 rings (SSSR count). The average molecular weight is 647 g/mol. The summed E-state index contributed by atoms with van der Waals surface area (Å²) in [6.45, 7) is 12.4. The quantitative estimate of drug-likeness (QED) is 0.258. The number of thiazole rings is 1. The van der Waals surface area contributed by atoms with Gasteiger partial charge in [-0.3, -0.25) is 14.4 Å². The fraction of sp³-hybridized carbons (Fsp3) is 0.571. The Morgan fingerprint density at radius 2 is 1.87 bits per heavy atom. The molecule has 46 heavy (non-hydrogen) atoms. The second-order valence-corrected chi connectivity index (χ2v) is 15.7. The van der Waals surface area contributed by atoms with Crippen molar-refractivity contribution in [3.63, 3.8) is 0 Å². The first-order valence-electron chi connectivity index (χ1n) is 16.6. The lowest BCUT2D eigenvalue weighted by atomic mass is 9.71. The fourth-order valence-corrected chi connectivity index (χ4v) is 7.91. The molecule has 3 aliphatic rings. The van der Waals surface area contributed by atoms with E-state index in [0.717, 1.165) is 54.0 Å². The highest BCUT2D eigenvalue weighted by Gasteiger charge is 2.34. The third-order valence-corrected chi connectivity index (χ3v) is 10.9. The molecule has 0 saturated carbocycles. The van der Waals surface area contributed by atoms with Crippen molar-refractivity contribution in [1.82, 2.24) is 30.8 Å². The summed E-state index contributed by atoms with van der Waals surface area (Å²) in [7, 11) is 0. The van der Waals surface area contributed by atoms with Crippen LogP contribution in [0.2, 0.25) is 0 Å². The van der Waals surface area contributed by atoms with Gasteiger partial charge in [-0.15, -0.1) is 0 Å². The Bertz CT molecular complexity index is 1620. The third-order valence-electron chi connectivity index (χ3n) is 9.98. The molecule has 10 nitrogen and oxygen atoms in total. The van der Waals surface area contributed by atoms with Crippen molar-refractivity contribution in [3.8, 4) is 0 Å². The van der Waals surface area contributed by atoms with E-state index in [9.17, 15) is 19.5 Å². The monoisotopic (exact) mass is 646 g/mol. The van der Waals surface area contributed by atoms with E-state index in [4.69, 9.17) is 9.97 Å². The van der Waals surface area contributed by atoms with E-state index in [2.05, 4.69) is 47.7 Å². The molecule has 2 amide bonds. The first-order chi connectivity index (χ1) is 21.9. The predicted octanol–water partition coefficient (Wildman–Crippen LogP) is 4.91. The lowest BCUT2D eigenvalue weighted by molar-refractivity contribution is -0.143. The van der Waals surface area contributed by atoms with Crippen molar-refractivity contribution >= 4 is 39.5 Å². The van der Waals surface area contributed by atoms with Crippen molar-refractivity contribution in [2.24, 2.45) is 11.3 Å². The normalized spacial score (nSPS) is 20.8. The zero-order valence-electron chi connectivity index (χ0n) is 27.3. The van der Waals surface area contributed by atoms with Crippen LogP contribution in [0.25, 0.3) is 10.3 Å². The van der Waals surface area contributed by atoms with Gasteiger partial charge in [-0.1, -0.05) is 44.2 Å². The van der Waals surface area contributed by atoms with Crippen LogP contribution >= 0.6 is 11.3 Å².